The average molecular weight is 452 g/mol. The highest BCUT2D eigenvalue weighted by Gasteiger charge is 2.19. The molecule has 1 aromatic rings. The van der Waals surface area contributed by atoms with Crippen molar-refractivity contribution < 1.29 is 18.0 Å². The largest absolute Gasteiger partial charge is 0.353 e. The zero-order chi connectivity index (χ0) is 22.9. The fourth-order valence-electron chi connectivity index (χ4n) is 3.17. The number of nitrogens with zero attached hydrogens (tertiary/aromatic N) is 2. The Kier molecular flexibility index (Phi) is 9.44. The second-order valence-corrected chi connectivity index (χ2v) is 9.53. The number of likely N-dealkylation sites (N-methyl/N-ethyl adjacent to an activating group) is 1. The first kappa shape index (κ1) is 24.8. The SMILES string of the molecule is CCN(CC(=O)Nc1cccc(S(=O)(=O)NC2=NCCCCC2)c1)CC(=O)NC(C)C. The topological polar surface area (TPSA) is 120 Å². The molecule has 1 aromatic carbocycles. The molecule has 0 unspecified atom stereocenters. The first-order chi connectivity index (χ1) is 14.7. The lowest BCUT2D eigenvalue weighted by atomic mass is 10.2. The number of rotatable bonds is 9. The lowest BCUT2D eigenvalue weighted by Crippen LogP contribution is -2.42. The molecule has 0 bridgehead atoms. The molecule has 0 saturated carbocycles. The van der Waals surface area contributed by atoms with Gasteiger partial charge in [0, 0.05) is 24.7 Å². The number of anilines is 1. The van der Waals surface area contributed by atoms with Crippen LogP contribution in [-0.4, -0.2) is 63.2 Å². The van der Waals surface area contributed by atoms with Crippen LogP contribution in [0.2, 0.25) is 0 Å². The number of hydrogen-bond donors (Lipinski definition) is 3. The van der Waals surface area contributed by atoms with Crippen LogP contribution in [0.5, 0.6) is 0 Å². The fraction of sp³-hybridized carbons (Fsp3) is 0.571. The van der Waals surface area contributed by atoms with Crippen molar-refractivity contribution in [2.45, 2.75) is 57.4 Å². The van der Waals surface area contributed by atoms with Gasteiger partial charge in [-0.2, -0.15) is 0 Å². The Morgan fingerprint density at radius 1 is 1.13 bits per heavy atom. The maximum atomic E-state index is 12.7. The molecule has 9 nitrogen and oxygen atoms in total. The minimum Gasteiger partial charge on any atom is -0.353 e. The maximum Gasteiger partial charge on any atom is 0.262 e. The predicted molar refractivity (Wildman–Crippen MR) is 122 cm³/mol. The van der Waals surface area contributed by atoms with E-state index in [1.54, 1.807) is 17.0 Å². The van der Waals surface area contributed by atoms with Crippen LogP contribution in [0.25, 0.3) is 0 Å². The number of hydrogen-bond acceptors (Lipinski definition) is 6. The molecular formula is C21H33N5O4S. The van der Waals surface area contributed by atoms with Crippen molar-refractivity contribution in [3.05, 3.63) is 24.3 Å². The van der Waals surface area contributed by atoms with Crippen LogP contribution in [0.4, 0.5) is 5.69 Å². The van der Waals surface area contributed by atoms with Crippen LogP contribution in [0.15, 0.2) is 34.2 Å². The van der Waals surface area contributed by atoms with E-state index in [1.165, 1.54) is 12.1 Å². The van der Waals surface area contributed by atoms with Gasteiger partial charge in [0.2, 0.25) is 11.8 Å². The van der Waals surface area contributed by atoms with Gasteiger partial charge < -0.3 is 10.6 Å². The summed E-state index contributed by atoms with van der Waals surface area (Å²) in [6.45, 7) is 6.90. The van der Waals surface area contributed by atoms with Gasteiger partial charge in [-0.15, -0.1) is 0 Å². The summed E-state index contributed by atoms with van der Waals surface area (Å²) in [5.74, 6) is 0.00490. The second-order valence-electron chi connectivity index (χ2n) is 7.85. The third-order valence-corrected chi connectivity index (χ3v) is 6.06. The molecule has 31 heavy (non-hydrogen) atoms. The number of aliphatic imine (C=N–C) groups is 1. The van der Waals surface area contributed by atoms with Crippen molar-refractivity contribution in [3.8, 4) is 0 Å². The Bertz CT molecular complexity index is 899. The molecule has 1 aliphatic heterocycles. The first-order valence-electron chi connectivity index (χ1n) is 10.7. The second kappa shape index (κ2) is 11.8. The summed E-state index contributed by atoms with van der Waals surface area (Å²) in [5.41, 5.74) is 0.373. The molecule has 172 valence electrons. The van der Waals surface area contributed by atoms with Gasteiger partial charge in [-0.25, -0.2) is 8.42 Å². The van der Waals surface area contributed by atoms with Crippen LogP contribution >= 0.6 is 0 Å². The highest BCUT2D eigenvalue weighted by Crippen LogP contribution is 2.16. The van der Waals surface area contributed by atoms with E-state index in [1.807, 2.05) is 20.8 Å². The maximum absolute atomic E-state index is 12.7. The van der Waals surface area contributed by atoms with Gasteiger partial charge in [0.25, 0.3) is 10.0 Å². The molecule has 10 heteroatoms. The van der Waals surface area contributed by atoms with Crippen molar-refractivity contribution in [1.29, 1.82) is 0 Å². The normalized spacial score (nSPS) is 14.7. The van der Waals surface area contributed by atoms with Crippen LogP contribution in [0, 0.1) is 0 Å². The predicted octanol–water partition coefficient (Wildman–Crippen LogP) is 1.72. The quantitative estimate of drug-likeness (QED) is 0.528. The van der Waals surface area contributed by atoms with Gasteiger partial charge in [-0.1, -0.05) is 19.4 Å². The van der Waals surface area contributed by atoms with Crippen molar-refractivity contribution in [2.75, 3.05) is 31.5 Å². The number of sulfonamides is 1. The summed E-state index contributed by atoms with van der Waals surface area (Å²) in [7, 11) is -3.79. The van der Waals surface area contributed by atoms with E-state index < -0.39 is 10.0 Å². The van der Waals surface area contributed by atoms with Crippen molar-refractivity contribution in [3.63, 3.8) is 0 Å². The van der Waals surface area contributed by atoms with Gasteiger partial charge in [0.05, 0.1) is 18.0 Å². The molecule has 2 rings (SSSR count). The Morgan fingerprint density at radius 2 is 1.87 bits per heavy atom. The summed E-state index contributed by atoms with van der Waals surface area (Å²) in [6, 6.07) is 6.12. The highest BCUT2D eigenvalue weighted by atomic mass is 32.2. The number of nitrogens with one attached hydrogen (secondary N) is 3. The van der Waals surface area contributed by atoms with Crippen LogP contribution in [-0.2, 0) is 19.6 Å². The summed E-state index contributed by atoms with van der Waals surface area (Å²) in [6.07, 6.45) is 3.50. The number of carbonyl (C=O) groups excluding carboxylic acids is 2. The summed E-state index contributed by atoms with van der Waals surface area (Å²) >= 11 is 0. The van der Waals surface area contributed by atoms with Gasteiger partial charge in [-0.05, 0) is 51.4 Å². The standard InChI is InChI=1S/C21H33N5O4S/c1-4-26(14-20(27)23-16(2)3)15-21(28)24-17-9-8-10-18(13-17)31(29,30)25-19-11-6-5-7-12-22-19/h8-10,13,16H,4-7,11-12,14-15H2,1-3H3,(H,22,25)(H,23,27)(H,24,28). The van der Waals surface area contributed by atoms with Gasteiger partial charge in [0.15, 0.2) is 0 Å². The molecule has 0 radical (unpaired) electrons. The van der Waals surface area contributed by atoms with E-state index in [0.717, 1.165) is 19.3 Å². The number of benzene rings is 1. The van der Waals surface area contributed by atoms with Crippen LogP contribution in [0.3, 0.4) is 0 Å². The van der Waals surface area contributed by atoms with Crippen LogP contribution in [0.1, 0.15) is 46.5 Å². The minimum atomic E-state index is -3.79. The number of amides is 2. The lowest BCUT2D eigenvalue weighted by molar-refractivity contribution is -0.123. The van der Waals surface area contributed by atoms with E-state index in [2.05, 4.69) is 20.3 Å². The first-order valence-corrected chi connectivity index (χ1v) is 12.2. The van der Waals surface area contributed by atoms with E-state index >= 15 is 0 Å². The van der Waals surface area contributed by atoms with Gasteiger partial charge >= 0.3 is 0 Å². The summed E-state index contributed by atoms with van der Waals surface area (Å²) in [5, 5.41) is 5.51. The van der Waals surface area contributed by atoms with E-state index in [4.69, 9.17) is 0 Å². The Labute approximate surface area is 184 Å². The minimum absolute atomic E-state index is 0.0219. The van der Waals surface area contributed by atoms with Crippen LogP contribution < -0.4 is 15.4 Å². The molecule has 3 N–H and O–H groups in total. The van der Waals surface area contributed by atoms with Gasteiger partial charge in [0.1, 0.15) is 5.84 Å². The Hall–Kier alpha value is -2.46. The monoisotopic (exact) mass is 451 g/mol. The lowest BCUT2D eigenvalue weighted by Gasteiger charge is -2.20. The smallest absolute Gasteiger partial charge is 0.262 e. The number of carbonyl (C=O) groups is 2. The zero-order valence-corrected chi connectivity index (χ0v) is 19.3. The molecule has 0 aliphatic carbocycles. The summed E-state index contributed by atoms with van der Waals surface area (Å²) < 4.78 is 28.0. The third kappa shape index (κ3) is 8.66. The molecule has 1 aliphatic rings. The van der Waals surface area contributed by atoms with E-state index in [0.29, 0.717) is 31.0 Å². The van der Waals surface area contributed by atoms with Crippen molar-refractivity contribution >= 4 is 33.4 Å². The van der Waals surface area contributed by atoms with Gasteiger partial charge in [-0.3, -0.25) is 24.2 Å². The Balaban J connectivity index is 1.99. The molecular weight excluding hydrogens is 418 g/mol. The zero-order valence-electron chi connectivity index (χ0n) is 18.5. The molecule has 0 atom stereocenters. The van der Waals surface area contributed by atoms with Crippen molar-refractivity contribution in [2.24, 2.45) is 4.99 Å². The summed E-state index contributed by atoms with van der Waals surface area (Å²) in [4.78, 5) is 30.4. The van der Waals surface area contributed by atoms with E-state index in [9.17, 15) is 18.0 Å². The van der Waals surface area contributed by atoms with E-state index in [-0.39, 0.29) is 35.8 Å². The molecule has 1 heterocycles. The molecule has 0 spiro atoms. The van der Waals surface area contributed by atoms with Crippen molar-refractivity contribution in [1.82, 2.24) is 14.9 Å². The molecule has 0 saturated heterocycles. The fourth-order valence-corrected chi connectivity index (χ4v) is 4.30. The average Bonchev–Trinajstić information content (AvgIpc) is 2.95. The third-order valence-electron chi connectivity index (χ3n) is 4.69. The Morgan fingerprint density at radius 3 is 2.58 bits per heavy atom. The molecule has 0 aromatic heterocycles. The highest BCUT2D eigenvalue weighted by molar-refractivity contribution is 7.90. The molecule has 0 fully saturated rings. The number of amidine groups is 1. The molecule has 2 amide bonds.